The number of carbonyl (C=O) groups is 2. The fourth-order valence-electron chi connectivity index (χ4n) is 2.01. The summed E-state index contributed by atoms with van der Waals surface area (Å²) in [6.07, 6.45) is 0. The third-order valence-corrected chi connectivity index (χ3v) is 3.18. The Kier molecular flexibility index (Phi) is 4.33. The number of nitriles is 1. The van der Waals surface area contributed by atoms with E-state index < -0.39 is 0 Å². The molecule has 0 saturated carbocycles. The number of nitrogens with one attached hydrogen (secondary N) is 1. The van der Waals surface area contributed by atoms with Gasteiger partial charge in [0.05, 0.1) is 24.7 Å². The number of carbonyl (C=O) groups excluding carboxylic acids is 2. The zero-order valence-electron chi connectivity index (χ0n) is 11.3. The minimum absolute atomic E-state index is 0.0236. The molecule has 1 aromatic carbocycles. The highest BCUT2D eigenvalue weighted by molar-refractivity contribution is 5.92. The number of anilines is 1. The number of hydrogen-bond donors (Lipinski definition) is 1. The Balaban J connectivity index is 1.89. The van der Waals surface area contributed by atoms with Crippen LogP contribution in [0.4, 0.5) is 5.69 Å². The molecule has 0 unspecified atom stereocenters. The van der Waals surface area contributed by atoms with Gasteiger partial charge in [-0.15, -0.1) is 0 Å². The first-order valence-electron chi connectivity index (χ1n) is 6.35. The molecular weight excluding hydrogens is 256 g/mol. The number of piperazine rings is 1. The summed E-state index contributed by atoms with van der Waals surface area (Å²) in [5, 5.41) is 11.5. The van der Waals surface area contributed by atoms with Crippen LogP contribution in [0.3, 0.4) is 0 Å². The van der Waals surface area contributed by atoms with E-state index in [1.54, 1.807) is 36.2 Å². The van der Waals surface area contributed by atoms with E-state index in [0.717, 1.165) is 0 Å². The molecule has 20 heavy (non-hydrogen) atoms. The molecule has 6 nitrogen and oxygen atoms in total. The third kappa shape index (κ3) is 3.56. The monoisotopic (exact) mass is 272 g/mol. The predicted octanol–water partition coefficient (Wildman–Crippen LogP) is 0.271. The first kappa shape index (κ1) is 14.0. The van der Waals surface area contributed by atoms with E-state index >= 15 is 0 Å². The summed E-state index contributed by atoms with van der Waals surface area (Å²) >= 11 is 0. The van der Waals surface area contributed by atoms with Gasteiger partial charge >= 0.3 is 0 Å². The number of rotatable bonds is 3. The zero-order chi connectivity index (χ0) is 14.5. The van der Waals surface area contributed by atoms with Crippen LogP contribution in [0.1, 0.15) is 5.56 Å². The highest BCUT2D eigenvalue weighted by Gasteiger charge is 2.22. The van der Waals surface area contributed by atoms with Crippen LogP contribution in [-0.4, -0.2) is 54.8 Å². The summed E-state index contributed by atoms with van der Waals surface area (Å²) in [5.74, 6) is -0.159. The molecule has 1 saturated heterocycles. The minimum atomic E-state index is -0.183. The maximum Gasteiger partial charge on any atom is 0.238 e. The van der Waals surface area contributed by atoms with Crippen molar-refractivity contribution in [2.75, 3.05) is 38.5 Å². The van der Waals surface area contributed by atoms with Gasteiger partial charge in [0.2, 0.25) is 11.8 Å². The van der Waals surface area contributed by atoms with Crippen molar-refractivity contribution in [3.8, 4) is 6.07 Å². The summed E-state index contributed by atoms with van der Waals surface area (Å²) in [7, 11) is 1.76. The van der Waals surface area contributed by atoms with Gasteiger partial charge in [-0.1, -0.05) is 6.07 Å². The minimum Gasteiger partial charge on any atom is -0.343 e. The molecule has 0 aliphatic carbocycles. The standard InChI is InChI=1S/C14H16N4O2/c1-17-5-6-18(10-14(17)20)9-13(19)16-12-4-2-3-11(7-12)8-15/h2-4,7H,5-6,9-10H2,1H3,(H,16,19). The van der Waals surface area contributed by atoms with Crippen LogP contribution in [0.5, 0.6) is 0 Å². The SMILES string of the molecule is CN1CCN(CC(=O)Nc2cccc(C#N)c2)CC1=O. The van der Waals surface area contributed by atoms with Gasteiger partial charge in [-0.05, 0) is 18.2 Å². The molecule has 1 aromatic rings. The average Bonchev–Trinajstić information content (AvgIpc) is 2.43. The van der Waals surface area contributed by atoms with Crippen molar-refractivity contribution >= 4 is 17.5 Å². The fraction of sp³-hybridized carbons (Fsp3) is 0.357. The lowest BCUT2D eigenvalue weighted by molar-refractivity contribution is -0.135. The second kappa shape index (κ2) is 6.17. The lowest BCUT2D eigenvalue weighted by Crippen LogP contribution is -2.50. The molecule has 1 fully saturated rings. The zero-order valence-corrected chi connectivity index (χ0v) is 11.3. The molecule has 0 radical (unpaired) electrons. The van der Waals surface area contributed by atoms with Gasteiger partial charge < -0.3 is 10.2 Å². The summed E-state index contributed by atoms with van der Waals surface area (Å²) in [5.41, 5.74) is 1.09. The van der Waals surface area contributed by atoms with Crippen molar-refractivity contribution in [2.24, 2.45) is 0 Å². The quantitative estimate of drug-likeness (QED) is 0.857. The van der Waals surface area contributed by atoms with Crippen LogP contribution in [0.2, 0.25) is 0 Å². The molecule has 2 amide bonds. The first-order valence-corrected chi connectivity index (χ1v) is 6.35. The van der Waals surface area contributed by atoms with Gasteiger partial charge in [0.1, 0.15) is 0 Å². The predicted molar refractivity (Wildman–Crippen MR) is 73.9 cm³/mol. The van der Waals surface area contributed by atoms with Gasteiger partial charge in [0.15, 0.2) is 0 Å². The van der Waals surface area contributed by atoms with E-state index in [2.05, 4.69) is 5.32 Å². The molecular formula is C14H16N4O2. The van der Waals surface area contributed by atoms with E-state index in [1.165, 1.54) is 0 Å². The molecule has 1 aliphatic heterocycles. The Morgan fingerprint density at radius 2 is 2.25 bits per heavy atom. The molecule has 1 aliphatic rings. The first-order chi connectivity index (χ1) is 9.58. The number of hydrogen-bond acceptors (Lipinski definition) is 4. The molecule has 0 aromatic heterocycles. The largest absolute Gasteiger partial charge is 0.343 e. The summed E-state index contributed by atoms with van der Waals surface area (Å²) < 4.78 is 0. The number of amides is 2. The van der Waals surface area contributed by atoms with E-state index in [-0.39, 0.29) is 24.9 Å². The Bertz CT molecular complexity index is 565. The maximum atomic E-state index is 11.9. The average molecular weight is 272 g/mol. The molecule has 0 atom stereocenters. The van der Waals surface area contributed by atoms with Crippen molar-refractivity contribution in [1.29, 1.82) is 5.26 Å². The molecule has 1 heterocycles. The second-order valence-corrected chi connectivity index (χ2v) is 4.77. The summed E-state index contributed by atoms with van der Waals surface area (Å²) in [4.78, 5) is 26.9. The molecule has 2 rings (SSSR count). The van der Waals surface area contributed by atoms with E-state index in [9.17, 15) is 9.59 Å². The summed E-state index contributed by atoms with van der Waals surface area (Å²) in [6, 6.07) is 8.76. The highest BCUT2D eigenvalue weighted by atomic mass is 16.2. The molecule has 6 heteroatoms. The van der Waals surface area contributed by atoms with Crippen molar-refractivity contribution in [3.63, 3.8) is 0 Å². The number of nitrogens with zero attached hydrogens (tertiary/aromatic N) is 3. The lowest BCUT2D eigenvalue weighted by Gasteiger charge is -2.31. The van der Waals surface area contributed by atoms with Crippen molar-refractivity contribution < 1.29 is 9.59 Å². The van der Waals surface area contributed by atoms with Crippen molar-refractivity contribution in [3.05, 3.63) is 29.8 Å². The van der Waals surface area contributed by atoms with Crippen LogP contribution in [0, 0.1) is 11.3 Å². The normalized spacial score (nSPS) is 15.8. The smallest absolute Gasteiger partial charge is 0.238 e. The maximum absolute atomic E-state index is 11.9. The molecule has 0 spiro atoms. The Labute approximate surface area is 117 Å². The van der Waals surface area contributed by atoms with Gasteiger partial charge in [-0.25, -0.2) is 0 Å². The van der Waals surface area contributed by atoms with Gasteiger partial charge in [0.25, 0.3) is 0 Å². The third-order valence-electron chi connectivity index (χ3n) is 3.18. The van der Waals surface area contributed by atoms with Crippen LogP contribution in [0.25, 0.3) is 0 Å². The van der Waals surface area contributed by atoms with Crippen LogP contribution >= 0.6 is 0 Å². The summed E-state index contributed by atoms with van der Waals surface area (Å²) in [6.45, 7) is 1.77. The van der Waals surface area contributed by atoms with E-state index in [0.29, 0.717) is 24.3 Å². The lowest BCUT2D eigenvalue weighted by atomic mass is 10.2. The van der Waals surface area contributed by atoms with Crippen molar-refractivity contribution in [2.45, 2.75) is 0 Å². The van der Waals surface area contributed by atoms with Crippen LogP contribution < -0.4 is 5.32 Å². The molecule has 0 bridgehead atoms. The van der Waals surface area contributed by atoms with E-state index in [4.69, 9.17) is 5.26 Å². The molecule has 104 valence electrons. The highest BCUT2D eigenvalue weighted by Crippen LogP contribution is 2.10. The van der Waals surface area contributed by atoms with Gasteiger partial charge in [0, 0.05) is 25.8 Å². The number of likely N-dealkylation sites (N-methyl/N-ethyl adjacent to an activating group) is 1. The fourth-order valence-corrected chi connectivity index (χ4v) is 2.01. The molecule has 1 N–H and O–H groups in total. The topological polar surface area (TPSA) is 76.4 Å². The van der Waals surface area contributed by atoms with E-state index in [1.807, 2.05) is 11.0 Å². The second-order valence-electron chi connectivity index (χ2n) is 4.77. The van der Waals surface area contributed by atoms with Crippen molar-refractivity contribution in [1.82, 2.24) is 9.80 Å². The Morgan fingerprint density at radius 1 is 1.45 bits per heavy atom. The van der Waals surface area contributed by atoms with Crippen LogP contribution in [0.15, 0.2) is 24.3 Å². The Hall–Kier alpha value is -2.39. The van der Waals surface area contributed by atoms with Crippen LogP contribution in [-0.2, 0) is 9.59 Å². The Morgan fingerprint density at radius 3 is 2.95 bits per heavy atom. The number of benzene rings is 1. The van der Waals surface area contributed by atoms with Gasteiger partial charge in [-0.2, -0.15) is 5.26 Å². The van der Waals surface area contributed by atoms with Gasteiger partial charge in [-0.3, -0.25) is 14.5 Å².